The highest BCUT2D eigenvalue weighted by Gasteiger charge is 2.17. The smallest absolute Gasteiger partial charge is 0.341 e. The second kappa shape index (κ2) is 12.9. The Balaban J connectivity index is 1.55. The topological polar surface area (TPSA) is 111 Å². The molecule has 0 spiro atoms. The van der Waals surface area contributed by atoms with Crippen molar-refractivity contribution < 1.29 is 27.9 Å². The van der Waals surface area contributed by atoms with Crippen molar-refractivity contribution in [3.05, 3.63) is 119 Å². The van der Waals surface area contributed by atoms with Gasteiger partial charge in [0.05, 0.1) is 18.4 Å². The van der Waals surface area contributed by atoms with Gasteiger partial charge >= 0.3 is 5.97 Å². The molecule has 40 heavy (non-hydrogen) atoms. The third kappa shape index (κ3) is 6.62. The van der Waals surface area contributed by atoms with Crippen LogP contribution in [-0.2, 0) is 17.7 Å². The molecule has 0 radical (unpaired) electrons. The van der Waals surface area contributed by atoms with Gasteiger partial charge in [-0.15, -0.1) is 0 Å². The summed E-state index contributed by atoms with van der Waals surface area (Å²) in [7, 11) is 0. The van der Waals surface area contributed by atoms with Crippen LogP contribution in [0.4, 0.5) is 14.5 Å². The van der Waals surface area contributed by atoms with Gasteiger partial charge in [0, 0.05) is 36.0 Å². The summed E-state index contributed by atoms with van der Waals surface area (Å²) in [5, 5.41) is 2.63. The Kier molecular flexibility index (Phi) is 9.08. The van der Waals surface area contributed by atoms with Crippen LogP contribution < -0.4 is 11.1 Å². The second-order valence-electron chi connectivity index (χ2n) is 9.01. The van der Waals surface area contributed by atoms with Gasteiger partial charge in [0.2, 0.25) is 0 Å². The molecule has 0 saturated carbocycles. The Morgan fingerprint density at radius 3 is 2.48 bits per heavy atom. The van der Waals surface area contributed by atoms with Crippen molar-refractivity contribution in [2.24, 2.45) is 5.73 Å². The summed E-state index contributed by atoms with van der Waals surface area (Å²) < 4.78 is 33.5. The maximum atomic E-state index is 14.5. The molecule has 1 amide bonds. The maximum absolute atomic E-state index is 14.5. The molecule has 7 nitrogen and oxygen atoms in total. The summed E-state index contributed by atoms with van der Waals surface area (Å²) in [4.78, 5) is 41.6. The van der Waals surface area contributed by atoms with Crippen LogP contribution in [-0.4, -0.2) is 29.3 Å². The average Bonchev–Trinajstić information content (AvgIpc) is 2.96. The van der Waals surface area contributed by atoms with E-state index >= 15 is 0 Å². The molecule has 1 aromatic heterocycles. The van der Waals surface area contributed by atoms with Crippen LogP contribution in [0.3, 0.4) is 0 Å². The molecule has 4 aromatic rings. The molecule has 0 unspecified atom stereocenters. The number of amides is 1. The van der Waals surface area contributed by atoms with E-state index in [1.54, 1.807) is 42.5 Å². The second-order valence-corrected chi connectivity index (χ2v) is 9.01. The molecular formula is C31H27F2N3O4. The van der Waals surface area contributed by atoms with E-state index < -0.39 is 23.5 Å². The van der Waals surface area contributed by atoms with Crippen molar-refractivity contribution in [3.8, 4) is 11.1 Å². The van der Waals surface area contributed by atoms with Crippen molar-refractivity contribution in [3.63, 3.8) is 0 Å². The van der Waals surface area contributed by atoms with Gasteiger partial charge in [0.25, 0.3) is 5.91 Å². The van der Waals surface area contributed by atoms with Crippen molar-refractivity contribution in [1.82, 2.24) is 4.98 Å². The first-order valence-corrected chi connectivity index (χ1v) is 12.6. The number of ketones is 1. The summed E-state index contributed by atoms with van der Waals surface area (Å²) in [6.07, 6.45) is 2.96. The third-order valence-electron chi connectivity index (χ3n) is 6.18. The van der Waals surface area contributed by atoms with E-state index in [0.29, 0.717) is 23.1 Å². The number of nitrogens with two attached hydrogens (primary N) is 1. The number of benzene rings is 3. The normalized spacial score (nSPS) is 10.7. The minimum atomic E-state index is -0.812. The van der Waals surface area contributed by atoms with Crippen LogP contribution in [0.15, 0.2) is 79.1 Å². The number of nitrogens with zero attached hydrogens (tertiary/aromatic N) is 1. The van der Waals surface area contributed by atoms with E-state index in [1.165, 1.54) is 24.4 Å². The zero-order valence-corrected chi connectivity index (χ0v) is 21.7. The number of hydrogen-bond acceptors (Lipinski definition) is 6. The Morgan fingerprint density at radius 1 is 0.925 bits per heavy atom. The third-order valence-corrected chi connectivity index (χ3v) is 6.18. The predicted molar refractivity (Wildman–Crippen MR) is 147 cm³/mol. The van der Waals surface area contributed by atoms with Gasteiger partial charge in [0.1, 0.15) is 11.6 Å². The van der Waals surface area contributed by atoms with Gasteiger partial charge in [0.15, 0.2) is 5.78 Å². The van der Waals surface area contributed by atoms with Crippen molar-refractivity contribution in [1.29, 1.82) is 0 Å². The van der Waals surface area contributed by atoms with Crippen LogP contribution >= 0.6 is 0 Å². The number of carbonyl (C=O) groups excluding carboxylic acids is 3. The van der Waals surface area contributed by atoms with E-state index in [4.69, 9.17) is 10.5 Å². The van der Waals surface area contributed by atoms with Gasteiger partial charge in [-0.1, -0.05) is 31.2 Å². The monoisotopic (exact) mass is 543 g/mol. The predicted octanol–water partition coefficient (Wildman–Crippen LogP) is 5.73. The fraction of sp³-hybridized carbons (Fsp3) is 0.161. The van der Waals surface area contributed by atoms with E-state index in [1.807, 2.05) is 6.92 Å². The highest BCUT2D eigenvalue weighted by Crippen LogP contribution is 2.27. The quantitative estimate of drug-likeness (QED) is 0.195. The molecule has 0 aliphatic rings. The van der Waals surface area contributed by atoms with Gasteiger partial charge in [-0.3, -0.25) is 14.6 Å². The number of pyridine rings is 1. The van der Waals surface area contributed by atoms with E-state index in [9.17, 15) is 23.2 Å². The molecule has 0 fully saturated rings. The molecule has 3 N–H and O–H groups in total. The maximum Gasteiger partial charge on any atom is 0.341 e. The number of anilines is 1. The van der Waals surface area contributed by atoms with Gasteiger partial charge in [-0.05, 0) is 71.1 Å². The van der Waals surface area contributed by atoms with Crippen molar-refractivity contribution in [2.45, 2.75) is 26.3 Å². The van der Waals surface area contributed by atoms with Crippen LogP contribution in [0.25, 0.3) is 11.1 Å². The first-order valence-electron chi connectivity index (χ1n) is 12.6. The SMILES string of the molecule is CCCOC(=O)c1ccc(NC(=O)c2cccc(-c3cc(C(=O)Cc4ccncc4F)ccc3CN)c2)cc1F. The van der Waals surface area contributed by atoms with E-state index in [0.717, 1.165) is 17.8 Å². The number of nitrogens with one attached hydrogen (secondary N) is 1. The van der Waals surface area contributed by atoms with Crippen LogP contribution in [0.2, 0.25) is 0 Å². The van der Waals surface area contributed by atoms with Crippen molar-refractivity contribution >= 4 is 23.3 Å². The molecule has 0 atom stereocenters. The largest absolute Gasteiger partial charge is 0.462 e. The zero-order valence-electron chi connectivity index (χ0n) is 21.7. The Labute approximate surface area is 230 Å². The summed E-state index contributed by atoms with van der Waals surface area (Å²) in [6, 6.07) is 16.9. The minimum Gasteiger partial charge on any atom is -0.462 e. The number of aromatic nitrogens is 1. The lowest BCUT2D eigenvalue weighted by Gasteiger charge is -2.13. The summed E-state index contributed by atoms with van der Waals surface area (Å²) in [5.41, 5.74) is 8.81. The lowest BCUT2D eigenvalue weighted by molar-refractivity contribution is 0.0499. The highest BCUT2D eigenvalue weighted by molar-refractivity contribution is 6.05. The molecule has 0 bridgehead atoms. The first kappa shape index (κ1) is 28.3. The van der Waals surface area contributed by atoms with E-state index in [2.05, 4.69) is 10.3 Å². The van der Waals surface area contributed by atoms with Crippen LogP contribution in [0.1, 0.15) is 55.5 Å². The number of hydrogen-bond donors (Lipinski definition) is 2. The summed E-state index contributed by atoms with van der Waals surface area (Å²) >= 11 is 0. The molecule has 4 rings (SSSR count). The fourth-order valence-corrected chi connectivity index (χ4v) is 4.08. The number of esters is 1. The standard InChI is InChI=1S/C31H27F2N3O4/c1-2-12-40-31(39)25-9-8-24(16-27(25)32)36-30(38)22-5-3-4-19(13-22)26-14-21(6-7-23(26)17-34)29(37)15-20-10-11-35-18-28(20)33/h3-11,13-14,16,18H,2,12,15,17,34H2,1H3,(H,36,38). The molecule has 204 valence electrons. The zero-order chi connectivity index (χ0) is 28.6. The molecule has 0 aliphatic carbocycles. The Hall–Kier alpha value is -4.76. The molecule has 1 heterocycles. The van der Waals surface area contributed by atoms with Gasteiger partial charge in [-0.25, -0.2) is 13.6 Å². The van der Waals surface area contributed by atoms with Gasteiger partial charge in [-0.2, -0.15) is 0 Å². The number of halogens is 2. The van der Waals surface area contributed by atoms with E-state index in [-0.39, 0.29) is 47.7 Å². The first-order chi connectivity index (χ1) is 19.3. The fourth-order valence-electron chi connectivity index (χ4n) is 4.08. The van der Waals surface area contributed by atoms with Gasteiger partial charge < -0.3 is 15.8 Å². The van der Waals surface area contributed by atoms with Crippen LogP contribution in [0, 0.1) is 11.6 Å². The molecule has 0 saturated heterocycles. The highest BCUT2D eigenvalue weighted by atomic mass is 19.1. The molecule has 3 aromatic carbocycles. The summed E-state index contributed by atoms with van der Waals surface area (Å²) in [6.45, 7) is 2.20. The lowest BCUT2D eigenvalue weighted by Crippen LogP contribution is -2.13. The summed E-state index contributed by atoms with van der Waals surface area (Å²) in [5.74, 6) is -2.93. The molecular weight excluding hydrogens is 516 g/mol. The minimum absolute atomic E-state index is 0.135. The number of carbonyl (C=O) groups is 3. The number of rotatable bonds is 10. The molecule has 9 heteroatoms. The molecule has 0 aliphatic heterocycles. The van der Waals surface area contributed by atoms with Crippen molar-refractivity contribution in [2.75, 3.05) is 11.9 Å². The average molecular weight is 544 g/mol. The number of ether oxygens (including phenoxy) is 1. The Morgan fingerprint density at radius 2 is 1.75 bits per heavy atom. The number of Topliss-reactive ketones (excluding diaryl/α,β-unsaturated/α-hetero) is 1. The van der Waals surface area contributed by atoms with Crippen LogP contribution in [0.5, 0.6) is 0 Å². The lowest BCUT2D eigenvalue weighted by atomic mass is 9.93. The Bertz CT molecular complexity index is 1570.